The van der Waals surface area contributed by atoms with Gasteiger partial charge in [0.1, 0.15) is 6.04 Å². The molecule has 2 aromatic rings. The maximum absolute atomic E-state index is 12.8. The number of urea groups is 1. The van der Waals surface area contributed by atoms with Crippen LogP contribution in [0.1, 0.15) is 46.3 Å². The van der Waals surface area contributed by atoms with Gasteiger partial charge in [0.2, 0.25) is 11.8 Å². The topological polar surface area (TPSA) is 108 Å². The fraction of sp³-hybridized carbons (Fsp3) is 0.304. The van der Waals surface area contributed by atoms with E-state index in [0.29, 0.717) is 35.7 Å². The number of amides is 5. The molecule has 5 amide bonds. The van der Waals surface area contributed by atoms with Gasteiger partial charge in [-0.2, -0.15) is 0 Å². The van der Waals surface area contributed by atoms with Gasteiger partial charge in [0.15, 0.2) is 0 Å². The van der Waals surface area contributed by atoms with E-state index in [1.165, 1.54) is 4.90 Å². The van der Waals surface area contributed by atoms with E-state index in [1.807, 2.05) is 19.1 Å². The van der Waals surface area contributed by atoms with E-state index in [-0.39, 0.29) is 30.8 Å². The van der Waals surface area contributed by atoms with Crippen LogP contribution >= 0.6 is 11.6 Å². The average molecular weight is 455 g/mol. The van der Waals surface area contributed by atoms with Gasteiger partial charge in [-0.25, -0.2) is 4.79 Å². The molecule has 4 rings (SSSR count). The Bertz CT molecular complexity index is 1120. The lowest BCUT2D eigenvalue weighted by atomic mass is 10.1. The largest absolute Gasteiger partial charge is 0.334 e. The quantitative estimate of drug-likeness (QED) is 0.617. The van der Waals surface area contributed by atoms with Gasteiger partial charge in [0, 0.05) is 35.8 Å². The number of aryl methyl sites for hydroxylation is 1. The van der Waals surface area contributed by atoms with E-state index >= 15 is 0 Å². The van der Waals surface area contributed by atoms with Gasteiger partial charge in [-0.1, -0.05) is 29.8 Å². The summed E-state index contributed by atoms with van der Waals surface area (Å²) >= 11 is 6.08. The van der Waals surface area contributed by atoms with Crippen LogP contribution in [0.4, 0.5) is 10.5 Å². The number of benzene rings is 2. The van der Waals surface area contributed by atoms with Crippen molar-refractivity contribution < 1.29 is 19.2 Å². The lowest BCUT2D eigenvalue weighted by Crippen LogP contribution is -2.46. The monoisotopic (exact) mass is 454 g/mol. The van der Waals surface area contributed by atoms with E-state index in [9.17, 15) is 19.2 Å². The number of carbonyl (C=O) groups excluding carboxylic acids is 4. The number of hydrogen-bond donors (Lipinski definition) is 3. The van der Waals surface area contributed by atoms with Crippen molar-refractivity contribution in [3.05, 3.63) is 63.7 Å². The summed E-state index contributed by atoms with van der Waals surface area (Å²) in [4.78, 5) is 50.5. The van der Waals surface area contributed by atoms with Crippen molar-refractivity contribution in [2.24, 2.45) is 0 Å². The van der Waals surface area contributed by atoms with Crippen molar-refractivity contribution in [2.45, 2.75) is 45.3 Å². The van der Waals surface area contributed by atoms with E-state index in [4.69, 9.17) is 11.6 Å². The Morgan fingerprint density at radius 1 is 1.19 bits per heavy atom. The van der Waals surface area contributed by atoms with Crippen LogP contribution in [0, 0.1) is 6.92 Å². The number of imide groups is 1. The predicted molar refractivity (Wildman–Crippen MR) is 119 cm³/mol. The molecule has 1 saturated heterocycles. The fourth-order valence-corrected chi connectivity index (χ4v) is 4.13. The molecule has 1 fully saturated rings. The van der Waals surface area contributed by atoms with E-state index in [1.54, 1.807) is 24.3 Å². The van der Waals surface area contributed by atoms with Gasteiger partial charge in [-0.3, -0.25) is 19.7 Å². The molecule has 0 aliphatic carbocycles. The first-order chi connectivity index (χ1) is 15.3. The molecular formula is C23H23ClN4O4. The Labute approximate surface area is 190 Å². The van der Waals surface area contributed by atoms with Crippen molar-refractivity contribution >= 4 is 41.0 Å². The minimum absolute atomic E-state index is 0.219. The Morgan fingerprint density at radius 2 is 2.00 bits per heavy atom. The van der Waals surface area contributed by atoms with Gasteiger partial charge in [0.25, 0.3) is 5.91 Å². The molecule has 3 N–H and O–H groups in total. The van der Waals surface area contributed by atoms with E-state index in [0.717, 1.165) is 16.7 Å². The number of nitrogens with zero attached hydrogens (tertiary/aromatic N) is 1. The first-order valence-electron chi connectivity index (χ1n) is 10.4. The first kappa shape index (κ1) is 21.8. The molecule has 2 aromatic carbocycles. The predicted octanol–water partition coefficient (Wildman–Crippen LogP) is 3.12. The van der Waals surface area contributed by atoms with Crippen LogP contribution in [0.3, 0.4) is 0 Å². The molecule has 2 aliphatic heterocycles. The molecule has 0 spiro atoms. The molecule has 0 radical (unpaired) electrons. The van der Waals surface area contributed by atoms with Crippen LogP contribution in [-0.4, -0.2) is 34.7 Å². The smallest absolute Gasteiger partial charge is 0.319 e. The van der Waals surface area contributed by atoms with Gasteiger partial charge in [-0.05, 0) is 54.7 Å². The highest BCUT2D eigenvalue weighted by Gasteiger charge is 2.37. The Kier molecular flexibility index (Phi) is 6.14. The summed E-state index contributed by atoms with van der Waals surface area (Å²) < 4.78 is 0. The number of halogens is 1. The minimum Gasteiger partial charge on any atom is -0.334 e. The first-order valence-corrected chi connectivity index (χ1v) is 10.8. The second-order valence-electron chi connectivity index (χ2n) is 8.02. The van der Waals surface area contributed by atoms with Crippen LogP contribution in [-0.2, 0) is 22.7 Å². The highest BCUT2D eigenvalue weighted by Crippen LogP contribution is 2.28. The molecule has 0 saturated carbocycles. The third kappa shape index (κ3) is 4.60. The minimum atomic E-state index is -0.657. The Balaban J connectivity index is 1.39. The van der Waals surface area contributed by atoms with Crippen LogP contribution in [0.25, 0.3) is 0 Å². The number of carbonyl (C=O) groups is 4. The normalized spacial score (nSPS) is 18.1. The highest BCUT2D eigenvalue weighted by molar-refractivity contribution is 6.31. The molecule has 32 heavy (non-hydrogen) atoms. The van der Waals surface area contributed by atoms with Crippen molar-refractivity contribution in [3.63, 3.8) is 0 Å². The molecule has 0 bridgehead atoms. The molecule has 0 aromatic heterocycles. The van der Waals surface area contributed by atoms with Crippen molar-refractivity contribution in [1.29, 1.82) is 0 Å². The zero-order chi connectivity index (χ0) is 22.8. The van der Waals surface area contributed by atoms with Crippen LogP contribution < -0.4 is 16.0 Å². The Morgan fingerprint density at radius 3 is 2.78 bits per heavy atom. The Hall–Kier alpha value is -3.39. The van der Waals surface area contributed by atoms with E-state index in [2.05, 4.69) is 16.0 Å². The van der Waals surface area contributed by atoms with Gasteiger partial charge in [0.05, 0.1) is 0 Å². The lowest BCUT2D eigenvalue weighted by Gasteiger charge is -2.24. The summed E-state index contributed by atoms with van der Waals surface area (Å²) in [6.45, 7) is 2.45. The highest BCUT2D eigenvalue weighted by atomic mass is 35.5. The van der Waals surface area contributed by atoms with E-state index < -0.39 is 11.9 Å². The summed E-state index contributed by atoms with van der Waals surface area (Å²) in [5.74, 6) is -0.951. The maximum Gasteiger partial charge on any atom is 0.319 e. The number of hydrogen-bond acceptors (Lipinski definition) is 4. The van der Waals surface area contributed by atoms with Crippen molar-refractivity contribution in [2.75, 3.05) is 5.32 Å². The molecule has 166 valence electrons. The van der Waals surface area contributed by atoms with Crippen molar-refractivity contribution in [3.8, 4) is 0 Å². The summed E-state index contributed by atoms with van der Waals surface area (Å²) in [5, 5.41) is 8.44. The molecule has 8 nitrogen and oxygen atoms in total. The fourth-order valence-electron chi connectivity index (χ4n) is 3.95. The second-order valence-corrected chi connectivity index (χ2v) is 8.42. The van der Waals surface area contributed by atoms with Crippen LogP contribution in [0.5, 0.6) is 0 Å². The molecule has 0 unspecified atom stereocenters. The molecule has 1 atom stereocenters. The van der Waals surface area contributed by atoms with Gasteiger partial charge in [-0.15, -0.1) is 0 Å². The average Bonchev–Trinajstić information content (AvgIpc) is 2.97. The standard InChI is InChI=1S/C23H23ClN4O4/c1-13-5-7-16(10-18(13)24)26-23(32)25-11-14-6-8-17-15(9-14)12-28(22(17)31)19-3-2-4-20(29)27-21(19)30/h5-10,19H,2-4,11-12H2,1H3,(H2,25,26,32)(H,27,29,30)/t19-/m0/s1. The third-order valence-corrected chi connectivity index (χ3v) is 6.11. The van der Waals surface area contributed by atoms with Gasteiger partial charge >= 0.3 is 6.03 Å². The summed E-state index contributed by atoms with van der Waals surface area (Å²) in [5.41, 5.74) is 3.68. The molecule has 2 aliphatic rings. The van der Waals surface area contributed by atoms with Gasteiger partial charge < -0.3 is 15.5 Å². The molecular weight excluding hydrogens is 432 g/mol. The summed E-state index contributed by atoms with van der Waals surface area (Å²) in [6.07, 6.45) is 1.29. The molecule has 2 heterocycles. The summed E-state index contributed by atoms with van der Waals surface area (Å²) in [6, 6.07) is 9.60. The number of fused-ring (bicyclic) bond motifs is 1. The third-order valence-electron chi connectivity index (χ3n) is 5.71. The van der Waals surface area contributed by atoms with Crippen LogP contribution in [0.15, 0.2) is 36.4 Å². The second kappa shape index (κ2) is 9.00. The lowest BCUT2D eigenvalue weighted by molar-refractivity contribution is -0.132. The SMILES string of the molecule is Cc1ccc(NC(=O)NCc2ccc3c(c2)CN([C@H]2CCCC(=O)NC2=O)C3=O)cc1Cl. The summed E-state index contributed by atoms with van der Waals surface area (Å²) in [7, 11) is 0. The maximum atomic E-state index is 12.8. The number of nitrogens with one attached hydrogen (secondary N) is 3. The zero-order valence-electron chi connectivity index (χ0n) is 17.5. The zero-order valence-corrected chi connectivity index (χ0v) is 18.3. The number of rotatable bonds is 4. The van der Waals surface area contributed by atoms with Crippen molar-refractivity contribution in [1.82, 2.24) is 15.5 Å². The molecule has 9 heteroatoms. The number of anilines is 1. The van der Waals surface area contributed by atoms with Crippen LogP contribution in [0.2, 0.25) is 5.02 Å².